The summed E-state index contributed by atoms with van der Waals surface area (Å²) in [6, 6.07) is 4.47. The van der Waals surface area contributed by atoms with Gasteiger partial charge in [0.05, 0.1) is 14.6 Å². The Morgan fingerprint density at radius 3 is 2.32 bits per heavy atom. The first kappa shape index (κ1) is 18.6. The molecule has 134 valence electrons. The minimum absolute atomic E-state index is 0.136. The Hall–Kier alpha value is -2.69. The van der Waals surface area contributed by atoms with E-state index in [1.54, 1.807) is 0 Å². The van der Waals surface area contributed by atoms with E-state index in [4.69, 9.17) is 0 Å². The Morgan fingerprint density at radius 1 is 1.20 bits per heavy atom. The predicted octanol–water partition coefficient (Wildman–Crippen LogP) is 2.89. The fourth-order valence-electron chi connectivity index (χ4n) is 1.83. The van der Waals surface area contributed by atoms with Crippen LogP contribution in [0.3, 0.4) is 0 Å². The van der Waals surface area contributed by atoms with Gasteiger partial charge in [0.1, 0.15) is 17.7 Å². The molecule has 0 aliphatic heterocycles. The molecule has 1 unspecified atom stereocenters. The third kappa shape index (κ3) is 4.44. The second-order valence-electron chi connectivity index (χ2n) is 5.09. The van der Waals surface area contributed by atoms with Crippen LogP contribution in [0, 0.1) is 10.1 Å². The van der Waals surface area contributed by atoms with Crippen LogP contribution in [0.15, 0.2) is 36.7 Å². The molecule has 0 radical (unpaired) electrons. The normalized spacial score (nSPS) is 13.8. The van der Waals surface area contributed by atoms with Crippen molar-refractivity contribution in [3.05, 3.63) is 58.0 Å². The number of halogens is 3. The number of aromatic nitrogens is 2. The lowest BCUT2D eigenvalue weighted by Gasteiger charge is -2.13. The van der Waals surface area contributed by atoms with E-state index in [0.717, 1.165) is 18.5 Å². The SMILES string of the molecule is CC(c1ccc(C(F)(F)F)nc1)=S(C)(=O)Nc1ccc([N+](=O)[O-])cn1. The lowest BCUT2D eigenvalue weighted by molar-refractivity contribution is -0.385. The van der Waals surface area contributed by atoms with Gasteiger partial charge in [0.15, 0.2) is 0 Å². The largest absolute Gasteiger partial charge is 0.433 e. The molecule has 0 amide bonds. The van der Waals surface area contributed by atoms with Crippen LogP contribution in [-0.4, -0.2) is 30.2 Å². The van der Waals surface area contributed by atoms with Gasteiger partial charge in [-0.3, -0.25) is 19.8 Å². The van der Waals surface area contributed by atoms with E-state index < -0.39 is 26.5 Å². The topological polar surface area (TPSA) is 98.0 Å². The molecule has 0 aliphatic rings. The monoisotopic (exact) mass is 374 g/mol. The van der Waals surface area contributed by atoms with Crippen LogP contribution in [0.25, 0.3) is 0 Å². The van der Waals surface area contributed by atoms with Gasteiger partial charge in [-0.2, -0.15) is 13.2 Å². The van der Waals surface area contributed by atoms with Crippen molar-refractivity contribution in [1.29, 1.82) is 0 Å². The Balaban J connectivity index is 2.32. The number of nitrogens with zero attached hydrogens (tertiary/aromatic N) is 3. The summed E-state index contributed by atoms with van der Waals surface area (Å²) in [6.45, 7) is 1.49. The Morgan fingerprint density at radius 2 is 1.88 bits per heavy atom. The van der Waals surface area contributed by atoms with Crippen molar-refractivity contribution in [2.45, 2.75) is 13.1 Å². The zero-order valence-corrected chi connectivity index (χ0v) is 13.9. The lowest BCUT2D eigenvalue weighted by Crippen LogP contribution is -2.21. The fraction of sp³-hybridized carbons (Fsp3) is 0.214. The smallest absolute Gasteiger partial charge is 0.297 e. The molecule has 2 aromatic rings. The molecule has 11 heteroatoms. The van der Waals surface area contributed by atoms with Crippen molar-refractivity contribution in [3.8, 4) is 0 Å². The second-order valence-corrected chi connectivity index (χ2v) is 7.59. The maximum Gasteiger partial charge on any atom is 0.433 e. The molecule has 25 heavy (non-hydrogen) atoms. The van der Waals surface area contributed by atoms with Crippen LogP contribution in [0.4, 0.5) is 24.7 Å². The van der Waals surface area contributed by atoms with E-state index in [1.165, 1.54) is 31.4 Å². The molecule has 7 nitrogen and oxygen atoms in total. The number of hydrogen-bond donors (Lipinski definition) is 1. The number of nitrogens with one attached hydrogen (secondary N) is 1. The van der Waals surface area contributed by atoms with Crippen LogP contribution < -0.4 is 4.72 Å². The quantitative estimate of drug-likeness (QED) is 0.384. The van der Waals surface area contributed by atoms with Gasteiger partial charge in [-0.25, -0.2) is 9.19 Å². The first-order valence-electron chi connectivity index (χ1n) is 6.75. The van der Waals surface area contributed by atoms with Crippen molar-refractivity contribution in [1.82, 2.24) is 9.97 Å². The molecule has 0 aliphatic carbocycles. The number of anilines is 1. The van der Waals surface area contributed by atoms with Gasteiger partial charge in [0.2, 0.25) is 0 Å². The van der Waals surface area contributed by atoms with Crippen molar-refractivity contribution in [3.63, 3.8) is 0 Å². The first-order chi connectivity index (χ1) is 11.5. The van der Waals surface area contributed by atoms with E-state index in [1.807, 2.05) is 0 Å². The van der Waals surface area contributed by atoms with Gasteiger partial charge in [-0.05, 0) is 19.1 Å². The molecular weight excluding hydrogens is 361 g/mol. The minimum atomic E-state index is -4.55. The van der Waals surface area contributed by atoms with E-state index in [9.17, 15) is 27.5 Å². The van der Waals surface area contributed by atoms with Gasteiger partial charge >= 0.3 is 6.18 Å². The van der Waals surface area contributed by atoms with Crippen LogP contribution >= 0.6 is 0 Å². The average molecular weight is 374 g/mol. The first-order valence-corrected chi connectivity index (χ1v) is 8.72. The molecule has 0 saturated heterocycles. The highest BCUT2D eigenvalue weighted by Gasteiger charge is 2.32. The van der Waals surface area contributed by atoms with Crippen molar-refractivity contribution >= 4 is 26.1 Å². The standard InChI is InChI=1S/C14H13F3N4O3S/c1-9(10-3-5-12(18-7-10)14(15,16)17)25(2,24)20-13-6-4-11(8-19-13)21(22)23/h3-8H,1-2H3,(H,19,20,24). The van der Waals surface area contributed by atoms with E-state index in [2.05, 4.69) is 14.7 Å². The third-order valence-electron chi connectivity index (χ3n) is 3.30. The van der Waals surface area contributed by atoms with Crippen molar-refractivity contribution < 1.29 is 22.3 Å². The molecule has 0 bridgehead atoms. The van der Waals surface area contributed by atoms with Crippen molar-refractivity contribution in [2.75, 3.05) is 11.0 Å². The predicted molar refractivity (Wildman–Crippen MR) is 87.6 cm³/mol. The molecule has 1 N–H and O–H groups in total. The van der Waals surface area contributed by atoms with E-state index in [-0.39, 0.29) is 21.9 Å². The molecule has 0 spiro atoms. The van der Waals surface area contributed by atoms with Gasteiger partial charge in [-0.1, -0.05) is 6.07 Å². The fourth-order valence-corrected chi connectivity index (χ4v) is 3.07. The molecule has 2 aromatic heterocycles. The summed E-state index contributed by atoms with van der Waals surface area (Å²) in [4.78, 5) is 17.4. The molecule has 0 fully saturated rings. The second kappa shape index (κ2) is 6.67. The average Bonchev–Trinajstić information content (AvgIpc) is 2.53. The molecule has 2 heterocycles. The number of pyridine rings is 2. The van der Waals surface area contributed by atoms with Crippen LogP contribution in [-0.2, 0) is 15.9 Å². The molecular formula is C14H13F3N4O3S. The van der Waals surface area contributed by atoms with Gasteiger partial charge < -0.3 is 0 Å². The number of alkyl halides is 3. The summed E-state index contributed by atoms with van der Waals surface area (Å²) in [6.07, 6.45) is -1.21. The highest BCUT2D eigenvalue weighted by molar-refractivity contribution is 8.03. The maximum atomic E-state index is 12.8. The molecule has 0 aromatic carbocycles. The number of hydrogen-bond acceptors (Lipinski definition) is 5. The summed E-state index contributed by atoms with van der Waals surface area (Å²) < 4.78 is 53.0. The zero-order valence-electron chi connectivity index (χ0n) is 13.1. The molecule has 2 rings (SSSR count). The molecule has 1 atom stereocenters. The maximum absolute atomic E-state index is 12.8. The van der Waals surface area contributed by atoms with Crippen LogP contribution in [0.2, 0.25) is 0 Å². The highest BCUT2D eigenvalue weighted by atomic mass is 32.2. The number of nitro groups is 1. The van der Waals surface area contributed by atoms with Gasteiger partial charge in [-0.15, -0.1) is 0 Å². The van der Waals surface area contributed by atoms with Gasteiger partial charge in [0.25, 0.3) is 5.69 Å². The van der Waals surface area contributed by atoms with Crippen LogP contribution in [0.5, 0.6) is 0 Å². The van der Waals surface area contributed by atoms with E-state index >= 15 is 0 Å². The zero-order chi connectivity index (χ0) is 18.8. The minimum Gasteiger partial charge on any atom is -0.297 e. The Labute approximate surface area is 141 Å². The molecule has 0 saturated carbocycles. The lowest BCUT2D eigenvalue weighted by atomic mass is 10.2. The summed E-state index contributed by atoms with van der Waals surface area (Å²) >= 11 is 0. The Kier molecular flexibility index (Phi) is 4.97. The van der Waals surface area contributed by atoms with E-state index in [0.29, 0.717) is 0 Å². The third-order valence-corrected chi connectivity index (χ3v) is 5.31. The Bertz CT molecular complexity index is 902. The van der Waals surface area contributed by atoms with Crippen LogP contribution in [0.1, 0.15) is 18.2 Å². The van der Waals surface area contributed by atoms with Gasteiger partial charge in [0, 0.05) is 28.9 Å². The highest BCUT2D eigenvalue weighted by Crippen LogP contribution is 2.27. The summed E-state index contributed by atoms with van der Waals surface area (Å²) in [5.74, 6) is 0.136. The van der Waals surface area contributed by atoms with Crippen molar-refractivity contribution in [2.24, 2.45) is 0 Å². The summed E-state index contributed by atoms with van der Waals surface area (Å²) in [5.41, 5.74) is -0.993. The summed E-state index contributed by atoms with van der Waals surface area (Å²) in [5, 5.41) is 10.6. The number of rotatable bonds is 4. The summed E-state index contributed by atoms with van der Waals surface area (Å²) in [7, 11) is -2.88.